The molecule has 3 saturated carbocycles. The fraction of sp³-hybridized carbons (Fsp3) is 0.833. The van der Waals surface area contributed by atoms with Gasteiger partial charge in [0, 0.05) is 17.9 Å². The molecule has 0 atom stereocenters. The molecule has 0 aliphatic heterocycles. The summed E-state index contributed by atoms with van der Waals surface area (Å²) in [5, 5.41) is 17.0. The Morgan fingerprint density at radius 1 is 0.738 bits per heavy atom. The molecule has 42 heavy (non-hydrogen) atoms. The lowest BCUT2D eigenvalue weighted by molar-refractivity contribution is -0.132. The van der Waals surface area contributed by atoms with Gasteiger partial charge in [-0.05, 0) is 101 Å². The molecule has 0 radical (unpaired) electrons. The van der Waals surface area contributed by atoms with Crippen molar-refractivity contribution in [3.8, 4) is 0 Å². The number of rotatable bonds is 7. The second kappa shape index (κ2) is 25.5. The first-order valence-corrected chi connectivity index (χ1v) is 16.9. The van der Waals surface area contributed by atoms with E-state index >= 15 is 0 Å². The maximum absolute atomic E-state index is 10.0. The number of aliphatic hydroxyl groups is 1. The second-order valence-electron chi connectivity index (χ2n) is 13.9. The predicted octanol–water partition coefficient (Wildman–Crippen LogP) is 12.0. The molecule has 0 aromatic carbocycles. The predicted molar refractivity (Wildman–Crippen MR) is 186 cm³/mol. The van der Waals surface area contributed by atoms with E-state index < -0.39 is 5.97 Å². The van der Waals surface area contributed by atoms with Crippen LogP contribution in [0, 0.1) is 10.8 Å². The van der Waals surface area contributed by atoms with Gasteiger partial charge in [0.05, 0.1) is 5.60 Å². The summed E-state index contributed by atoms with van der Waals surface area (Å²) in [4.78, 5) is 19.6. The smallest absolute Gasteiger partial charge is 0.330 e. The second-order valence-corrected chi connectivity index (χ2v) is 14.7. The lowest BCUT2D eigenvalue weighted by Gasteiger charge is -2.33. The van der Waals surface area contributed by atoms with Crippen molar-refractivity contribution in [3.05, 3.63) is 24.3 Å². The van der Waals surface area contributed by atoms with Crippen molar-refractivity contribution in [3.63, 3.8) is 0 Å². The van der Waals surface area contributed by atoms with E-state index in [1.165, 1.54) is 102 Å². The van der Waals surface area contributed by atoms with E-state index in [0.717, 1.165) is 25.7 Å². The van der Waals surface area contributed by atoms with Gasteiger partial charge in [0.2, 0.25) is 5.24 Å². The number of carbonyl (C=O) groups excluding carboxylic acids is 1. The molecule has 0 unspecified atom stereocenters. The number of carboxylic acids is 1. The van der Waals surface area contributed by atoms with Gasteiger partial charge in [-0.1, -0.05) is 98.1 Å². The first-order valence-electron chi connectivity index (χ1n) is 16.0. The first kappa shape index (κ1) is 45.6. The Labute approximate surface area is 271 Å². The van der Waals surface area contributed by atoms with Gasteiger partial charge < -0.3 is 10.2 Å². The zero-order valence-electron chi connectivity index (χ0n) is 27.5. The molecular weight excluding hydrogens is 567 g/mol. The van der Waals surface area contributed by atoms with E-state index in [-0.39, 0.29) is 23.8 Å². The van der Waals surface area contributed by atoms with Crippen molar-refractivity contribution in [2.24, 2.45) is 10.8 Å². The van der Waals surface area contributed by atoms with E-state index in [9.17, 15) is 14.7 Å². The Kier molecular flexibility index (Phi) is 27.7. The summed E-state index contributed by atoms with van der Waals surface area (Å²) in [5.74, 6) is -0.320. The van der Waals surface area contributed by atoms with E-state index in [2.05, 4.69) is 40.9 Å². The summed E-state index contributed by atoms with van der Waals surface area (Å²) in [6.07, 6.45) is 23.6. The quantitative estimate of drug-likeness (QED) is 0.0959. The number of unbranched alkanes of at least 4 members (excludes halogenated alkanes) is 1. The first-order chi connectivity index (χ1) is 19.0. The minimum absolute atomic E-state index is 0. The zero-order valence-corrected chi connectivity index (χ0v) is 29.0. The highest BCUT2D eigenvalue weighted by molar-refractivity contribution is 6.63. The molecule has 3 aliphatic carbocycles. The molecule has 0 aromatic rings. The number of carboxylic acid groups (broad SMARTS) is 1. The number of allylic oxidation sites excluding steroid dienone is 1. The number of aliphatic carboxylic acids is 1. The molecule has 0 saturated heterocycles. The van der Waals surface area contributed by atoms with Gasteiger partial charge >= 0.3 is 5.97 Å². The molecule has 250 valence electrons. The lowest BCUT2D eigenvalue weighted by Crippen LogP contribution is -2.26. The van der Waals surface area contributed by atoms with Crippen molar-refractivity contribution in [1.29, 1.82) is 0 Å². The molecule has 0 aromatic heterocycles. The van der Waals surface area contributed by atoms with Crippen LogP contribution in [0.5, 0.6) is 0 Å². The Morgan fingerprint density at radius 3 is 1.36 bits per heavy atom. The van der Waals surface area contributed by atoms with Crippen LogP contribution in [0.1, 0.15) is 171 Å². The van der Waals surface area contributed by atoms with Crippen LogP contribution < -0.4 is 0 Å². The van der Waals surface area contributed by atoms with Crippen molar-refractivity contribution in [1.82, 2.24) is 0 Å². The number of alkyl halides is 1. The van der Waals surface area contributed by atoms with Gasteiger partial charge in [-0.15, -0.1) is 18.2 Å². The highest BCUT2D eigenvalue weighted by Gasteiger charge is 2.26. The molecule has 0 amide bonds. The summed E-state index contributed by atoms with van der Waals surface area (Å²) in [6.45, 7) is 19.9. The Bertz CT molecular complexity index is 687. The van der Waals surface area contributed by atoms with Crippen LogP contribution in [-0.4, -0.2) is 32.9 Å². The van der Waals surface area contributed by atoms with Crippen LogP contribution >= 0.6 is 23.2 Å². The fourth-order valence-corrected chi connectivity index (χ4v) is 5.81. The topological polar surface area (TPSA) is 74.6 Å². The molecule has 3 rings (SSSR count). The summed E-state index contributed by atoms with van der Waals surface area (Å²) in [7, 11) is 0. The zero-order chi connectivity index (χ0) is 32.0. The summed E-state index contributed by atoms with van der Waals surface area (Å²) < 4.78 is 0. The minimum Gasteiger partial charge on any atom is -0.478 e. The molecular formula is C36H68Cl2O4. The number of hydrogen-bond acceptors (Lipinski definition) is 3. The molecule has 0 bridgehead atoms. The normalized spacial score (nSPS) is 19.5. The maximum atomic E-state index is 10.0. The number of carbonyl (C=O) groups is 2. The molecule has 3 aliphatic rings. The molecule has 6 heteroatoms. The monoisotopic (exact) mass is 634 g/mol. The van der Waals surface area contributed by atoms with Crippen molar-refractivity contribution >= 4 is 34.4 Å². The van der Waals surface area contributed by atoms with Crippen LogP contribution in [-0.2, 0) is 9.59 Å². The summed E-state index contributed by atoms with van der Waals surface area (Å²) in [5.41, 5.74) is 2.49. The van der Waals surface area contributed by atoms with Gasteiger partial charge in [-0.25, -0.2) is 4.79 Å². The third kappa shape index (κ3) is 30.6. The third-order valence-electron chi connectivity index (χ3n) is 8.05. The molecule has 3 fully saturated rings. The highest BCUT2D eigenvalue weighted by Crippen LogP contribution is 2.40. The summed E-state index contributed by atoms with van der Waals surface area (Å²) in [6, 6.07) is 0. The Morgan fingerprint density at radius 2 is 1.12 bits per heavy atom. The van der Waals surface area contributed by atoms with Gasteiger partial charge in [0.15, 0.2) is 0 Å². The Balaban J connectivity index is -0.000000456. The average Bonchev–Trinajstić information content (AvgIpc) is 2.85. The van der Waals surface area contributed by atoms with Gasteiger partial charge in [-0.2, -0.15) is 0 Å². The van der Waals surface area contributed by atoms with Crippen LogP contribution in [0.2, 0.25) is 0 Å². The lowest BCUT2D eigenvalue weighted by atomic mass is 9.72. The number of hydrogen-bond donors (Lipinski definition) is 2. The van der Waals surface area contributed by atoms with E-state index in [1.54, 1.807) is 0 Å². The SMILES string of the molecule is C.C=C(C)C(=O)O.C=C(C)CC1(C)CCCCC1.CC1(C)CCCCC1.CC1(O)CCCCC1.O=C(Cl)CCCCCl. The van der Waals surface area contributed by atoms with Crippen LogP contribution in [0.3, 0.4) is 0 Å². The fourth-order valence-electron chi connectivity index (χ4n) is 5.49. The third-order valence-corrected chi connectivity index (χ3v) is 8.51. The van der Waals surface area contributed by atoms with E-state index in [0.29, 0.717) is 23.1 Å². The largest absolute Gasteiger partial charge is 0.478 e. The molecule has 0 heterocycles. The molecule has 2 N–H and O–H groups in total. The average molecular weight is 636 g/mol. The minimum atomic E-state index is -0.935. The van der Waals surface area contributed by atoms with Crippen molar-refractivity contribution < 1.29 is 19.8 Å². The van der Waals surface area contributed by atoms with Gasteiger partial charge in [0.25, 0.3) is 0 Å². The van der Waals surface area contributed by atoms with E-state index in [4.69, 9.17) is 28.3 Å². The van der Waals surface area contributed by atoms with Crippen LogP contribution in [0.15, 0.2) is 24.3 Å². The van der Waals surface area contributed by atoms with Crippen molar-refractivity contribution in [2.75, 3.05) is 5.88 Å². The van der Waals surface area contributed by atoms with Crippen LogP contribution in [0.4, 0.5) is 0 Å². The van der Waals surface area contributed by atoms with Gasteiger partial charge in [0.1, 0.15) is 0 Å². The van der Waals surface area contributed by atoms with Crippen LogP contribution in [0.25, 0.3) is 0 Å². The number of halogens is 2. The Hall–Kier alpha value is -0.840. The highest BCUT2D eigenvalue weighted by atomic mass is 35.5. The maximum Gasteiger partial charge on any atom is 0.330 e. The molecule has 4 nitrogen and oxygen atoms in total. The van der Waals surface area contributed by atoms with Crippen molar-refractivity contribution in [2.45, 2.75) is 177 Å². The standard InChI is InChI=1S/C11H20.C8H16.C7H14O.C5H8Cl2O.C4H6O2.CH4/c1-10(2)9-11(3)7-5-4-6-8-11;1-8(2)6-4-3-5-7-8;1-7(8)5-3-2-4-6-7;6-4-2-1-3-5(7)8;1-3(2)4(5)6;/h1,4-9H2,2-3H3;3-7H2,1-2H3;8H,2-6H2,1H3;1-4H2;1H2,2H3,(H,5,6);1H4. The molecule has 0 spiro atoms. The van der Waals surface area contributed by atoms with Gasteiger partial charge in [-0.3, -0.25) is 4.79 Å². The summed E-state index contributed by atoms with van der Waals surface area (Å²) >= 11 is 10.4. The van der Waals surface area contributed by atoms with E-state index in [1.807, 2.05) is 6.92 Å².